The van der Waals surface area contributed by atoms with Crippen molar-refractivity contribution in [1.29, 1.82) is 0 Å². The molecule has 4 nitrogen and oxygen atoms in total. The van der Waals surface area contributed by atoms with Gasteiger partial charge in [0, 0.05) is 16.5 Å². The summed E-state index contributed by atoms with van der Waals surface area (Å²) in [5.74, 6) is 0. The number of hydrogen-bond donors (Lipinski definition) is 0. The molecule has 0 atom stereocenters. The Bertz CT molecular complexity index is 674. The van der Waals surface area contributed by atoms with Gasteiger partial charge in [0.2, 0.25) is 0 Å². The van der Waals surface area contributed by atoms with Crippen molar-refractivity contribution in [3.63, 3.8) is 0 Å². The van der Waals surface area contributed by atoms with E-state index in [0.717, 1.165) is 26.9 Å². The molecule has 6 heteroatoms. The van der Waals surface area contributed by atoms with E-state index in [4.69, 9.17) is 0 Å². The number of carbonyl (C=O) groups excluding carboxylic acids is 1. The van der Waals surface area contributed by atoms with Gasteiger partial charge in [-0.2, -0.15) is 0 Å². The Morgan fingerprint density at radius 2 is 2.29 bits per heavy atom. The summed E-state index contributed by atoms with van der Waals surface area (Å²) in [4.78, 5) is 12.3. The smallest absolute Gasteiger partial charge is 0.200 e. The van der Waals surface area contributed by atoms with Gasteiger partial charge < -0.3 is 0 Å². The molecule has 3 aromatic rings. The van der Waals surface area contributed by atoms with Crippen molar-refractivity contribution < 1.29 is 4.79 Å². The number of carbonyl (C=O) groups is 1. The van der Waals surface area contributed by atoms with Crippen LogP contribution in [0.1, 0.15) is 9.67 Å². The van der Waals surface area contributed by atoms with Crippen molar-refractivity contribution in [2.24, 2.45) is 0 Å². The van der Waals surface area contributed by atoms with Crippen LogP contribution in [-0.2, 0) is 0 Å². The highest BCUT2D eigenvalue weighted by Crippen LogP contribution is 2.29. The van der Waals surface area contributed by atoms with Crippen molar-refractivity contribution >= 4 is 35.0 Å². The largest absolute Gasteiger partial charge is 0.297 e. The molecule has 0 saturated carbocycles. The molecule has 0 aliphatic rings. The molecule has 0 radical (unpaired) electrons. The predicted molar refractivity (Wildman–Crippen MR) is 66.8 cm³/mol. The minimum absolute atomic E-state index is 0.723. The average molecular weight is 261 g/mol. The lowest BCUT2D eigenvalue weighted by atomic mass is 10.5. The van der Waals surface area contributed by atoms with Crippen LogP contribution in [-0.4, -0.2) is 20.9 Å². The first-order valence-corrected chi connectivity index (χ1v) is 6.58. The summed E-state index contributed by atoms with van der Waals surface area (Å²) < 4.78 is 1.92. The zero-order valence-corrected chi connectivity index (χ0v) is 10.2. The molecule has 3 rings (SSSR count). The number of nitrogens with zero attached hydrogens (tertiary/aromatic N) is 3. The summed E-state index contributed by atoms with van der Waals surface area (Å²) in [6, 6.07) is 7.62. The summed E-state index contributed by atoms with van der Waals surface area (Å²) in [5.41, 5.74) is 0.820. The fourth-order valence-corrected chi connectivity index (χ4v) is 3.16. The first-order valence-electron chi connectivity index (χ1n) is 4.88. The van der Waals surface area contributed by atoms with E-state index in [2.05, 4.69) is 10.2 Å². The maximum atomic E-state index is 10.6. The second-order valence-electron chi connectivity index (χ2n) is 3.32. The fourth-order valence-electron chi connectivity index (χ4n) is 1.44. The second-order valence-corrected chi connectivity index (χ2v) is 5.30. The zero-order chi connectivity index (χ0) is 11.7. The van der Waals surface area contributed by atoms with Crippen LogP contribution >= 0.6 is 23.1 Å². The summed E-state index contributed by atoms with van der Waals surface area (Å²) in [6.07, 6.45) is 2.78. The monoisotopic (exact) mass is 261 g/mol. The summed E-state index contributed by atoms with van der Waals surface area (Å²) in [7, 11) is 0. The Hall–Kier alpha value is -1.66. The Morgan fingerprint density at radius 3 is 3.12 bits per heavy atom. The molecule has 0 amide bonds. The standard InChI is InChI=1S/C11H7N3OS2/c15-6-8-5-9(7-16-8)17-11-13-12-10-3-1-2-4-14(10)11/h1-7H. The van der Waals surface area contributed by atoms with Crippen LogP contribution < -0.4 is 0 Å². The number of hydrogen-bond acceptors (Lipinski definition) is 5. The van der Waals surface area contributed by atoms with Crippen molar-refractivity contribution in [3.05, 3.63) is 40.7 Å². The molecule has 0 aromatic carbocycles. The second kappa shape index (κ2) is 4.31. The van der Waals surface area contributed by atoms with Gasteiger partial charge in [0.05, 0.1) is 4.88 Å². The van der Waals surface area contributed by atoms with Gasteiger partial charge in [-0.3, -0.25) is 9.20 Å². The number of pyridine rings is 1. The van der Waals surface area contributed by atoms with E-state index in [-0.39, 0.29) is 0 Å². The van der Waals surface area contributed by atoms with Gasteiger partial charge in [0.1, 0.15) is 0 Å². The Balaban J connectivity index is 1.96. The Morgan fingerprint density at radius 1 is 1.35 bits per heavy atom. The third-order valence-corrected chi connectivity index (χ3v) is 4.14. The van der Waals surface area contributed by atoms with Gasteiger partial charge in [-0.25, -0.2) is 0 Å². The normalized spacial score (nSPS) is 10.8. The Kier molecular flexibility index (Phi) is 2.66. The van der Waals surface area contributed by atoms with E-state index in [0.29, 0.717) is 0 Å². The van der Waals surface area contributed by atoms with Crippen molar-refractivity contribution in [2.45, 2.75) is 10.1 Å². The van der Waals surface area contributed by atoms with Crippen molar-refractivity contribution in [2.75, 3.05) is 0 Å². The van der Waals surface area contributed by atoms with E-state index in [1.165, 1.54) is 23.1 Å². The number of fused-ring (bicyclic) bond motifs is 1. The predicted octanol–water partition coefficient (Wildman–Crippen LogP) is 2.75. The SMILES string of the molecule is O=Cc1cc(Sc2nnc3ccccn23)cs1. The van der Waals surface area contributed by atoms with Crippen LogP contribution in [0.5, 0.6) is 0 Å². The molecule has 0 fully saturated rings. The van der Waals surface area contributed by atoms with Gasteiger partial charge in [-0.15, -0.1) is 21.5 Å². The van der Waals surface area contributed by atoms with Crippen LogP contribution in [0.4, 0.5) is 0 Å². The fraction of sp³-hybridized carbons (Fsp3) is 0. The van der Waals surface area contributed by atoms with Gasteiger partial charge in [-0.05, 0) is 30.0 Å². The van der Waals surface area contributed by atoms with E-state index in [9.17, 15) is 4.79 Å². The van der Waals surface area contributed by atoms with Gasteiger partial charge in [0.25, 0.3) is 0 Å². The maximum absolute atomic E-state index is 10.6. The highest BCUT2D eigenvalue weighted by atomic mass is 32.2. The topological polar surface area (TPSA) is 47.3 Å². The maximum Gasteiger partial charge on any atom is 0.200 e. The molecule has 0 bridgehead atoms. The van der Waals surface area contributed by atoms with Crippen LogP contribution in [0.25, 0.3) is 5.65 Å². The highest BCUT2D eigenvalue weighted by Gasteiger charge is 2.07. The summed E-state index contributed by atoms with van der Waals surface area (Å²) in [5, 5.41) is 10.9. The zero-order valence-electron chi connectivity index (χ0n) is 8.61. The van der Waals surface area contributed by atoms with E-state index in [1.807, 2.05) is 40.2 Å². The number of aldehydes is 1. The van der Waals surface area contributed by atoms with E-state index in [1.54, 1.807) is 0 Å². The first kappa shape index (κ1) is 10.5. The minimum atomic E-state index is 0.723. The lowest BCUT2D eigenvalue weighted by Crippen LogP contribution is -1.84. The number of aromatic nitrogens is 3. The van der Waals surface area contributed by atoms with Crippen LogP contribution in [0, 0.1) is 0 Å². The molecule has 0 aliphatic heterocycles. The summed E-state index contributed by atoms with van der Waals surface area (Å²) in [6.45, 7) is 0. The highest BCUT2D eigenvalue weighted by molar-refractivity contribution is 7.99. The summed E-state index contributed by atoms with van der Waals surface area (Å²) >= 11 is 2.93. The quantitative estimate of drug-likeness (QED) is 0.680. The van der Waals surface area contributed by atoms with E-state index < -0.39 is 0 Å². The van der Waals surface area contributed by atoms with Gasteiger partial charge >= 0.3 is 0 Å². The Labute approximate surface area is 105 Å². The number of rotatable bonds is 3. The molecule has 0 N–H and O–H groups in total. The molecule has 0 unspecified atom stereocenters. The molecule has 84 valence electrons. The van der Waals surface area contributed by atoms with E-state index >= 15 is 0 Å². The molecule has 3 heterocycles. The molecular weight excluding hydrogens is 254 g/mol. The van der Waals surface area contributed by atoms with Crippen molar-refractivity contribution in [1.82, 2.24) is 14.6 Å². The average Bonchev–Trinajstić information content (AvgIpc) is 2.97. The van der Waals surface area contributed by atoms with Gasteiger partial charge in [0.15, 0.2) is 17.1 Å². The van der Waals surface area contributed by atoms with Crippen LogP contribution in [0.3, 0.4) is 0 Å². The minimum Gasteiger partial charge on any atom is -0.297 e. The molecule has 0 aliphatic carbocycles. The molecule has 0 saturated heterocycles. The lowest BCUT2D eigenvalue weighted by molar-refractivity contribution is 0.112. The molecule has 17 heavy (non-hydrogen) atoms. The molecule has 3 aromatic heterocycles. The number of thiophene rings is 1. The van der Waals surface area contributed by atoms with Crippen LogP contribution in [0.15, 0.2) is 45.9 Å². The molecular formula is C11H7N3OS2. The third kappa shape index (κ3) is 1.96. The van der Waals surface area contributed by atoms with Crippen molar-refractivity contribution in [3.8, 4) is 0 Å². The van der Waals surface area contributed by atoms with Gasteiger partial charge in [-0.1, -0.05) is 6.07 Å². The lowest BCUT2D eigenvalue weighted by Gasteiger charge is -1.96. The molecule has 0 spiro atoms. The first-order chi connectivity index (χ1) is 8.36. The third-order valence-electron chi connectivity index (χ3n) is 2.20. The van der Waals surface area contributed by atoms with Crippen LogP contribution in [0.2, 0.25) is 0 Å².